The van der Waals surface area contributed by atoms with Gasteiger partial charge >= 0.3 is 0 Å². The van der Waals surface area contributed by atoms with Crippen LogP contribution in [0.5, 0.6) is 0 Å². The molecule has 2 fully saturated rings. The third kappa shape index (κ3) is 5.08. The van der Waals surface area contributed by atoms with Crippen LogP contribution >= 0.6 is 24.8 Å². The van der Waals surface area contributed by atoms with Gasteiger partial charge in [0.05, 0.1) is 0 Å². The van der Waals surface area contributed by atoms with E-state index < -0.39 is 0 Å². The van der Waals surface area contributed by atoms with Crippen molar-refractivity contribution < 1.29 is 4.79 Å². The zero-order chi connectivity index (χ0) is 15.5. The van der Waals surface area contributed by atoms with E-state index >= 15 is 0 Å². The summed E-state index contributed by atoms with van der Waals surface area (Å²) in [5.41, 5.74) is 7.53. The highest BCUT2D eigenvalue weighted by Crippen LogP contribution is 2.41. The molecule has 2 saturated carbocycles. The molecule has 2 aliphatic carbocycles. The SMILES string of the molecule is CC(Cc1ccncc1)NC(=O)C1CC2CCCC(C1)C2N.Cl.Cl. The van der Waals surface area contributed by atoms with Crippen molar-refractivity contribution in [2.75, 3.05) is 0 Å². The molecule has 1 heterocycles. The van der Waals surface area contributed by atoms with E-state index in [4.69, 9.17) is 5.73 Å². The summed E-state index contributed by atoms with van der Waals surface area (Å²) in [6.45, 7) is 2.08. The number of carbonyl (C=O) groups is 1. The van der Waals surface area contributed by atoms with Crippen LogP contribution in [-0.4, -0.2) is 23.0 Å². The molecule has 0 radical (unpaired) electrons. The fourth-order valence-corrected chi connectivity index (χ4v) is 4.29. The molecule has 1 aromatic rings. The molecule has 2 bridgehead atoms. The van der Waals surface area contributed by atoms with Crippen LogP contribution in [0.15, 0.2) is 24.5 Å². The highest BCUT2D eigenvalue weighted by molar-refractivity contribution is 5.85. The minimum absolute atomic E-state index is 0. The number of nitrogens with one attached hydrogen (secondary N) is 1. The number of hydrogen-bond donors (Lipinski definition) is 2. The average Bonchev–Trinajstić information content (AvgIpc) is 2.47. The molecule has 3 unspecified atom stereocenters. The van der Waals surface area contributed by atoms with E-state index in [1.807, 2.05) is 12.1 Å². The Bertz CT molecular complexity index is 500. The number of pyridine rings is 1. The van der Waals surface area contributed by atoms with Gasteiger partial charge in [-0.15, -0.1) is 24.8 Å². The first-order valence-corrected chi connectivity index (χ1v) is 8.58. The van der Waals surface area contributed by atoms with E-state index in [9.17, 15) is 4.79 Å². The van der Waals surface area contributed by atoms with Gasteiger partial charge in [-0.25, -0.2) is 0 Å². The van der Waals surface area contributed by atoms with Crippen molar-refractivity contribution in [2.24, 2.45) is 23.5 Å². The van der Waals surface area contributed by atoms with Crippen molar-refractivity contribution in [2.45, 2.75) is 57.5 Å². The van der Waals surface area contributed by atoms with Gasteiger partial charge in [0.15, 0.2) is 0 Å². The van der Waals surface area contributed by atoms with Crippen molar-refractivity contribution in [1.29, 1.82) is 0 Å². The molecule has 24 heavy (non-hydrogen) atoms. The fraction of sp³-hybridized carbons (Fsp3) is 0.667. The maximum atomic E-state index is 12.6. The van der Waals surface area contributed by atoms with Gasteiger partial charge in [0.2, 0.25) is 5.91 Å². The van der Waals surface area contributed by atoms with Gasteiger partial charge in [0, 0.05) is 30.4 Å². The van der Waals surface area contributed by atoms with Gasteiger partial charge in [-0.05, 0) is 68.6 Å². The summed E-state index contributed by atoms with van der Waals surface area (Å²) in [6, 6.07) is 4.50. The quantitative estimate of drug-likeness (QED) is 0.851. The number of rotatable bonds is 4. The van der Waals surface area contributed by atoms with Crippen LogP contribution in [0.25, 0.3) is 0 Å². The predicted molar refractivity (Wildman–Crippen MR) is 102 cm³/mol. The number of amides is 1. The van der Waals surface area contributed by atoms with Gasteiger partial charge in [0.25, 0.3) is 0 Å². The van der Waals surface area contributed by atoms with E-state index in [-0.39, 0.29) is 42.7 Å². The number of halogens is 2. The molecule has 0 aromatic carbocycles. The van der Waals surface area contributed by atoms with Crippen LogP contribution in [-0.2, 0) is 11.2 Å². The van der Waals surface area contributed by atoms with E-state index in [1.54, 1.807) is 12.4 Å². The molecule has 1 aromatic heterocycles. The van der Waals surface area contributed by atoms with Crippen molar-refractivity contribution in [3.05, 3.63) is 30.1 Å². The second kappa shape index (κ2) is 9.59. The summed E-state index contributed by atoms with van der Waals surface area (Å²) in [5, 5.41) is 3.20. The molecule has 6 heteroatoms. The topological polar surface area (TPSA) is 68.0 Å². The maximum absolute atomic E-state index is 12.6. The first-order chi connectivity index (χ1) is 10.6. The van der Waals surface area contributed by atoms with Crippen LogP contribution in [0, 0.1) is 17.8 Å². The highest BCUT2D eigenvalue weighted by atomic mass is 35.5. The lowest BCUT2D eigenvalue weighted by Crippen LogP contribution is -2.50. The lowest BCUT2D eigenvalue weighted by Gasteiger charge is -2.43. The van der Waals surface area contributed by atoms with Crippen LogP contribution < -0.4 is 11.1 Å². The number of aromatic nitrogens is 1. The van der Waals surface area contributed by atoms with Gasteiger partial charge in [-0.2, -0.15) is 0 Å². The Morgan fingerprint density at radius 3 is 2.42 bits per heavy atom. The van der Waals surface area contributed by atoms with Crippen LogP contribution in [0.3, 0.4) is 0 Å². The van der Waals surface area contributed by atoms with Crippen LogP contribution in [0.1, 0.15) is 44.6 Å². The normalized spacial score (nSPS) is 29.6. The third-order valence-electron chi connectivity index (χ3n) is 5.46. The second-order valence-electron chi connectivity index (χ2n) is 7.17. The minimum atomic E-state index is 0. The number of carbonyl (C=O) groups excluding carboxylic acids is 1. The molecular weight excluding hydrogens is 345 g/mol. The summed E-state index contributed by atoms with van der Waals surface area (Å²) in [4.78, 5) is 16.6. The lowest BCUT2D eigenvalue weighted by molar-refractivity contribution is -0.128. The Morgan fingerprint density at radius 2 is 1.83 bits per heavy atom. The number of hydrogen-bond acceptors (Lipinski definition) is 3. The fourth-order valence-electron chi connectivity index (χ4n) is 4.29. The second-order valence-corrected chi connectivity index (χ2v) is 7.17. The van der Waals surface area contributed by atoms with E-state index in [1.165, 1.54) is 24.8 Å². The molecule has 3 atom stereocenters. The molecule has 3 rings (SSSR count). The van der Waals surface area contributed by atoms with E-state index in [2.05, 4.69) is 17.2 Å². The van der Waals surface area contributed by atoms with Gasteiger partial charge in [-0.1, -0.05) is 6.42 Å². The molecule has 1 amide bonds. The summed E-state index contributed by atoms with van der Waals surface area (Å²) in [5.74, 6) is 1.50. The minimum Gasteiger partial charge on any atom is -0.353 e. The molecule has 0 aliphatic heterocycles. The Balaban J connectivity index is 0.00000144. The Kier molecular flexibility index (Phi) is 8.48. The monoisotopic (exact) mass is 373 g/mol. The Labute approximate surface area is 157 Å². The van der Waals surface area contributed by atoms with Crippen molar-refractivity contribution in [1.82, 2.24) is 10.3 Å². The predicted octanol–water partition coefficient (Wildman–Crippen LogP) is 3.13. The number of fused-ring (bicyclic) bond motifs is 2. The molecule has 0 spiro atoms. The first-order valence-electron chi connectivity index (χ1n) is 8.58. The summed E-state index contributed by atoms with van der Waals surface area (Å²) in [7, 11) is 0. The van der Waals surface area contributed by atoms with Gasteiger partial charge in [0.1, 0.15) is 0 Å². The molecule has 0 saturated heterocycles. The zero-order valence-electron chi connectivity index (χ0n) is 14.2. The Hall–Kier alpha value is -0.840. The Morgan fingerprint density at radius 1 is 1.25 bits per heavy atom. The van der Waals surface area contributed by atoms with Crippen molar-refractivity contribution in [3.8, 4) is 0 Å². The molecule has 3 N–H and O–H groups in total. The molecule has 4 nitrogen and oxygen atoms in total. The first kappa shape index (κ1) is 21.2. The van der Waals surface area contributed by atoms with Crippen molar-refractivity contribution >= 4 is 30.7 Å². The van der Waals surface area contributed by atoms with Gasteiger partial charge in [-0.3, -0.25) is 9.78 Å². The number of nitrogens with two attached hydrogens (primary N) is 1. The molecule has 136 valence electrons. The summed E-state index contributed by atoms with van der Waals surface area (Å²) < 4.78 is 0. The van der Waals surface area contributed by atoms with Crippen LogP contribution in [0.2, 0.25) is 0 Å². The van der Waals surface area contributed by atoms with Gasteiger partial charge < -0.3 is 11.1 Å². The highest BCUT2D eigenvalue weighted by Gasteiger charge is 2.40. The lowest BCUT2D eigenvalue weighted by atomic mass is 9.65. The smallest absolute Gasteiger partial charge is 0.223 e. The third-order valence-corrected chi connectivity index (χ3v) is 5.46. The summed E-state index contributed by atoms with van der Waals surface area (Å²) >= 11 is 0. The van der Waals surface area contributed by atoms with E-state index in [0.717, 1.165) is 19.3 Å². The van der Waals surface area contributed by atoms with Crippen LogP contribution in [0.4, 0.5) is 0 Å². The number of nitrogens with zero attached hydrogens (tertiary/aromatic N) is 1. The molecule has 2 aliphatic rings. The zero-order valence-corrected chi connectivity index (χ0v) is 15.8. The van der Waals surface area contributed by atoms with Crippen molar-refractivity contribution in [3.63, 3.8) is 0 Å². The van der Waals surface area contributed by atoms with E-state index in [0.29, 0.717) is 17.9 Å². The largest absolute Gasteiger partial charge is 0.353 e. The maximum Gasteiger partial charge on any atom is 0.223 e. The molecular formula is C18H29Cl2N3O. The standard InChI is InChI=1S/C18H27N3O.2ClH/c1-12(9-13-5-7-20-8-6-13)21-18(22)16-10-14-3-2-4-15(11-16)17(14)19;;/h5-8,12,14-17H,2-4,9-11,19H2,1H3,(H,21,22);2*1H. The average molecular weight is 374 g/mol. The summed E-state index contributed by atoms with van der Waals surface area (Å²) in [6.07, 6.45) is 10.1.